The summed E-state index contributed by atoms with van der Waals surface area (Å²) in [5.74, 6) is 0.189. The monoisotopic (exact) mass is 358 g/mol. The van der Waals surface area contributed by atoms with Gasteiger partial charge in [-0.05, 0) is 30.2 Å². The first-order valence-electron chi connectivity index (χ1n) is 8.82. The van der Waals surface area contributed by atoms with Crippen LogP contribution in [0.3, 0.4) is 0 Å². The number of benzene rings is 2. The molecule has 2 aromatic carbocycles. The van der Waals surface area contributed by atoms with Crippen molar-refractivity contribution in [3.8, 4) is 0 Å². The molecule has 4 nitrogen and oxygen atoms in total. The van der Waals surface area contributed by atoms with Gasteiger partial charge in [0.25, 0.3) is 0 Å². The van der Waals surface area contributed by atoms with E-state index in [1.165, 1.54) is 11.1 Å². The van der Waals surface area contributed by atoms with Crippen LogP contribution in [0.2, 0.25) is 0 Å². The van der Waals surface area contributed by atoms with Crippen LogP contribution in [-0.2, 0) is 16.4 Å². The Morgan fingerprint density at radius 3 is 2.12 bits per heavy atom. The highest BCUT2D eigenvalue weighted by atomic mass is 32.2. The van der Waals surface area contributed by atoms with Crippen molar-refractivity contribution in [1.82, 2.24) is 9.80 Å². The standard InChI is InChI=1S/C20H26N2O2S/c1-18-7-5-6-8-19(18)17-22-13-11-21(12-14-22)15-16-25(23,24)20-9-3-2-4-10-20/h2-10H,11-17H2,1H3. The van der Waals surface area contributed by atoms with E-state index < -0.39 is 9.84 Å². The Bertz CT molecular complexity index is 782. The smallest absolute Gasteiger partial charge is 0.179 e. The van der Waals surface area contributed by atoms with Crippen molar-refractivity contribution in [1.29, 1.82) is 0 Å². The molecule has 1 heterocycles. The van der Waals surface area contributed by atoms with Gasteiger partial charge in [0.2, 0.25) is 0 Å². The molecule has 0 bridgehead atoms. The summed E-state index contributed by atoms with van der Waals surface area (Å²) in [4.78, 5) is 5.13. The average Bonchev–Trinajstić information content (AvgIpc) is 2.64. The number of hydrogen-bond donors (Lipinski definition) is 0. The van der Waals surface area contributed by atoms with E-state index in [0.717, 1.165) is 32.7 Å². The van der Waals surface area contributed by atoms with E-state index >= 15 is 0 Å². The minimum Gasteiger partial charge on any atom is -0.300 e. The Balaban J connectivity index is 1.47. The molecule has 1 fully saturated rings. The third-order valence-corrected chi connectivity index (χ3v) is 6.61. The normalized spacial score (nSPS) is 16.8. The van der Waals surface area contributed by atoms with E-state index in [-0.39, 0.29) is 5.75 Å². The lowest BCUT2D eigenvalue weighted by atomic mass is 10.1. The highest BCUT2D eigenvalue weighted by Gasteiger charge is 2.20. The third-order valence-electron chi connectivity index (χ3n) is 4.90. The third kappa shape index (κ3) is 4.91. The molecule has 25 heavy (non-hydrogen) atoms. The first kappa shape index (κ1) is 18.1. The summed E-state index contributed by atoms with van der Waals surface area (Å²) in [6.07, 6.45) is 0. The maximum atomic E-state index is 12.4. The quantitative estimate of drug-likeness (QED) is 0.796. The summed E-state index contributed by atoms with van der Waals surface area (Å²) in [5, 5.41) is 0. The minimum absolute atomic E-state index is 0.189. The molecule has 0 aliphatic carbocycles. The first-order chi connectivity index (χ1) is 12.0. The lowest BCUT2D eigenvalue weighted by Gasteiger charge is -2.34. The van der Waals surface area contributed by atoms with Crippen molar-refractivity contribution in [2.45, 2.75) is 18.4 Å². The number of piperazine rings is 1. The zero-order valence-corrected chi connectivity index (χ0v) is 15.6. The fraction of sp³-hybridized carbons (Fsp3) is 0.400. The van der Waals surface area contributed by atoms with Crippen LogP contribution in [-0.4, -0.2) is 56.7 Å². The molecular formula is C20H26N2O2S. The fourth-order valence-electron chi connectivity index (χ4n) is 3.19. The van der Waals surface area contributed by atoms with E-state index in [0.29, 0.717) is 11.4 Å². The number of sulfone groups is 1. The summed E-state index contributed by atoms with van der Waals surface area (Å²) in [6, 6.07) is 17.2. The van der Waals surface area contributed by atoms with Crippen LogP contribution in [0.5, 0.6) is 0 Å². The molecule has 3 rings (SSSR count). The first-order valence-corrected chi connectivity index (χ1v) is 10.5. The maximum absolute atomic E-state index is 12.4. The lowest BCUT2D eigenvalue weighted by molar-refractivity contribution is 0.132. The van der Waals surface area contributed by atoms with Crippen molar-refractivity contribution in [2.24, 2.45) is 0 Å². The predicted molar refractivity (Wildman–Crippen MR) is 101 cm³/mol. The maximum Gasteiger partial charge on any atom is 0.179 e. The molecule has 5 heteroatoms. The van der Waals surface area contributed by atoms with Crippen LogP contribution in [0.15, 0.2) is 59.5 Å². The summed E-state index contributed by atoms with van der Waals surface area (Å²) in [7, 11) is -3.18. The average molecular weight is 359 g/mol. The number of rotatable bonds is 6. The zero-order valence-electron chi connectivity index (χ0n) is 14.8. The molecule has 0 radical (unpaired) electrons. The molecule has 0 atom stereocenters. The molecule has 0 amide bonds. The molecule has 1 aliphatic heterocycles. The molecule has 2 aromatic rings. The molecule has 1 saturated heterocycles. The zero-order chi connectivity index (χ0) is 17.7. The minimum atomic E-state index is -3.18. The van der Waals surface area contributed by atoms with Crippen molar-refractivity contribution < 1.29 is 8.42 Å². The molecule has 0 unspecified atom stereocenters. The molecule has 0 N–H and O–H groups in total. The van der Waals surface area contributed by atoms with E-state index in [2.05, 4.69) is 41.0 Å². The summed E-state index contributed by atoms with van der Waals surface area (Å²) in [6.45, 7) is 7.56. The predicted octanol–water partition coefficient (Wildman–Crippen LogP) is 2.59. The van der Waals surface area contributed by atoms with Crippen LogP contribution in [0.1, 0.15) is 11.1 Å². The van der Waals surface area contributed by atoms with Crippen LogP contribution in [0, 0.1) is 6.92 Å². The van der Waals surface area contributed by atoms with Gasteiger partial charge in [-0.3, -0.25) is 9.80 Å². The van der Waals surface area contributed by atoms with Gasteiger partial charge in [0.05, 0.1) is 10.6 Å². The van der Waals surface area contributed by atoms with E-state index in [1.807, 2.05) is 6.07 Å². The molecule has 0 spiro atoms. The van der Waals surface area contributed by atoms with E-state index in [9.17, 15) is 8.42 Å². The molecule has 0 saturated carbocycles. The number of nitrogens with zero attached hydrogens (tertiary/aromatic N) is 2. The van der Waals surface area contributed by atoms with Crippen molar-refractivity contribution in [2.75, 3.05) is 38.5 Å². The van der Waals surface area contributed by atoms with Gasteiger partial charge in [-0.25, -0.2) is 8.42 Å². The Labute approximate surface area is 151 Å². The van der Waals surface area contributed by atoms with Crippen LogP contribution in [0.4, 0.5) is 0 Å². The SMILES string of the molecule is Cc1ccccc1CN1CCN(CCS(=O)(=O)c2ccccc2)CC1. The second-order valence-corrected chi connectivity index (χ2v) is 8.79. The second kappa shape index (κ2) is 8.13. The van der Waals surface area contributed by atoms with E-state index in [1.54, 1.807) is 24.3 Å². The number of hydrogen-bond acceptors (Lipinski definition) is 4. The van der Waals surface area contributed by atoms with Gasteiger partial charge < -0.3 is 0 Å². The largest absolute Gasteiger partial charge is 0.300 e. The summed E-state index contributed by atoms with van der Waals surface area (Å²) >= 11 is 0. The Hall–Kier alpha value is -1.69. The van der Waals surface area contributed by atoms with Gasteiger partial charge in [-0.2, -0.15) is 0 Å². The van der Waals surface area contributed by atoms with Gasteiger partial charge in [-0.15, -0.1) is 0 Å². The van der Waals surface area contributed by atoms with Crippen LogP contribution in [0.25, 0.3) is 0 Å². The summed E-state index contributed by atoms with van der Waals surface area (Å²) in [5.41, 5.74) is 2.71. The highest BCUT2D eigenvalue weighted by molar-refractivity contribution is 7.91. The van der Waals surface area contributed by atoms with Gasteiger partial charge in [0, 0.05) is 39.3 Å². The molecule has 134 valence electrons. The fourth-order valence-corrected chi connectivity index (χ4v) is 4.50. The Kier molecular flexibility index (Phi) is 5.89. The van der Waals surface area contributed by atoms with Crippen LogP contribution < -0.4 is 0 Å². The second-order valence-electron chi connectivity index (χ2n) is 6.68. The Morgan fingerprint density at radius 2 is 1.44 bits per heavy atom. The summed E-state index contributed by atoms with van der Waals surface area (Å²) < 4.78 is 24.8. The van der Waals surface area contributed by atoms with Gasteiger partial charge in [0.1, 0.15) is 0 Å². The van der Waals surface area contributed by atoms with Crippen LogP contribution >= 0.6 is 0 Å². The van der Waals surface area contributed by atoms with Gasteiger partial charge in [0.15, 0.2) is 9.84 Å². The Morgan fingerprint density at radius 1 is 0.840 bits per heavy atom. The number of aryl methyl sites for hydroxylation is 1. The molecule has 0 aromatic heterocycles. The molecule has 1 aliphatic rings. The van der Waals surface area contributed by atoms with Gasteiger partial charge in [-0.1, -0.05) is 42.5 Å². The van der Waals surface area contributed by atoms with Crippen molar-refractivity contribution in [3.05, 3.63) is 65.7 Å². The van der Waals surface area contributed by atoms with E-state index in [4.69, 9.17) is 0 Å². The lowest BCUT2D eigenvalue weighted by Crippen LogP contribution is -2.47. The van der Waals surface area contributed by atoms with Gasteiger partial charge >= 0.3 is 0 Å². The van der Waals surface area contributed by atoms with Crippen molar-refractivity contribution in [3.63, 3.8) is 0 Å². The highest BCUT2D eigenvalue weighted by Crippen LogP contribution is 2.14. The molecular weight excluding hydrogens is 332 g/mol. The van der Waals surface area contributed by atoms with Crippen molar-refractivity contribution >= 4 is 9.84 Å². The topological polar surface area (TPSA) is 40.6 Å².